The Kier molecular flexibility index (Phi) is 65.4. The highest BCUT2D eigenvalue weighted by Crippen LogP contribution is 2.19. The van der Waals surface area contributed by atoms with Gasteiger partial charge in [-0.2, -0.15) is 0 Å². The largest absolute Gasteiger partial charge is 0.466 e. The van der Waals surface area contributed by atoms with E-state index in [2.05, 4.69) is 31.3 Å². The third-order valence-corrected chi connectivity index (χ3v) is 16.5. The monoisotopic (exact) mass is 1080 g/mol. The van der Waals surface area contributed by atoms with Crippen molar-refractivity contribution >= 4 is 11.9 Å². The molecule has 0 aliphatic rings. The molecule has 0 saturated heterocycles. The summed E-state index contributed by atoms with van der Waals surface area (Å²) in [7, 11) is 0. The number of rotatable bonds is 66. The van der Waals surface area contributed by atoms with Gasteiger partial charge in [-0.05, 0) is 57.8 Å². The van der Waals surface area contributed by atoms with Gasteiger partial charge in [0.15, 0.2) is 0 Å². The molecule has 0 bridgehead atoms. The van der Waals surface area contributed by atoms with Crippen molar-refractivity contribution in [2.75, 3.05) is 13.2 Å². The number of amides is 1. The number of aliphatic hydroxyl groups is 2. The molecule has 0 spiro atoms. The van der Waals surface area contributed by atoms with Crippen LogP contribution in [0.25, 0.3) is 0 Å². The predicted molar refractivity (Wildman–Crippen MR) is 338 cm³/mol. The van der Waals surface area contributed by atoms with Gasteiger partial charge in [0.05, 0.1) is 25.4 Å². The van der Waals surface area contributed by atoms with Crippen molar-refractivity contribution in [3.8, 4) is 0 Å². The highest BCUT2D eigenvalue weighted by molar-refractivity contribution is 5.76. The molecule has 77 heavy (non-hydrogen) atoms. The van der Waals surface area contributed by atoms with Crippen LogP contribution in [0.1, 0.15) is 393 Å². The van der Waals surface area contributed by atoms with E-state index in [4.69, 9.17) is 4.74 Å². The fraction of sp³-hybridized carbons (Fsp3) is 0.915. The SMILES string of the molecule is CCCCCCCCCCCCCCC/C=C/C(O)C(CO)NC(=O)CCCCCCCCCCCC/C=C\CCCCCCCCCCCCCCOC(=O)CCCCCCCCCCCCCCCCCCCCC. The fourth-order valence-corrected chi connectivity index (χ4v) is 11.1. The maximum absolute atomic E-state index is 12.5. The molecule has 1 amide bonds. The van der Waals surface area contributed by atoms with Crippen LogP contribution in [0.2, 0.25) is 0 Å². The first-order valence-electron chi connectivity index (χ1n) is 35.1. The van der Waals surface area contributed by atoms with E-state index in [0.717, 1.165) is 38.5 Å². The van der Waals surface area contributed by atoms with Crippen molar-refractivity contribution in [3.05, 3.63) is 24.3 Å². The van der Waals surface area contributed by atoms with Crippen LogP contribution in [0, 0.1) is 0 Å². The number of hydrogen-bond donors (Lipinski definition) is 3. The molecule has 6 heteroatoms. The second-order valence-corrected chi connectivity index (χ2v) is 24.2. The molecule has 0 aliphatic heterocycles. The van der Waals surface area contributed by atoms with E-state index < -0.39 is 12.1 Å². The van der Waals surface area contributed by atoms with Gasteiger partial charge in [-0.1, -0.05) is 346 Å². The molecule has 0 radical (unpaired) electrons. The van der Waals surface area contributed by atoms with Crippen LogP contribution in [0.4, 0.5) is 0 Å². The van der Waals surface area contributed by atoms with Gasteiger partial charge in [0.2, 0.25) is 5.91 Å². The lowest BCUT2D eigenvalue weighted by atomic mass is 10.0. The first-order chi connectivity index (χ1) is 38.0. The number of aliphatic hydroxyl groups excluding tert-OH is 2. The Morgan fingerprint density at radius 3 is 0.922 bits per heavy atom. The molecule has 6 nitrogen and oxygen atoms in total. The molecular weight excluding hydrogens is 947 g/mol. The number of carbonyl (C=O) groups is 2. The summed E-state index contributed by atoms with van der Waals surface area (Å²) in [5.74, 6) is -0.0481. The van der Waals surface area contributed by atoms with Crippen molar-refractivity contribution < 1.29 is 24.5 Å². The third kappa shape index (κ3) is 63.4. The molecule has 0 aromatic rings. The normalized spacial score (nSPS) is 12.6. The Labute approximate surface area is 481 Å². The predicted octanol–water partition coefficient (Wildman–Crippen LogP) is 22.5. The number of ether oxygens (including phenoxy) is 1. The van der Waals surface area contributed by atoms with Crippen LogP contribution in [0.3, 0.4) is 0 Å². The van der Waals surface area contributed by atoms with E-state index in [9.17, 15) is 19.8 Å². The van der Waals surface area contributed by atoms with E-state index in [0.29, 0.717) is 19.4 Å². The van der Waals surface area contributed by atoms with Crippen molar-refractivity contribution in [1.29, 1.82) is 0 Å². The van der Waals surface area contributed by atoms with Gasteiger partial charge >= 0.3 is 5.97 Å². The van der Waals surface area contributed by atoms with Gasteiger partial charge in [-0.3, -0.25) is 9.59 Å². The summed E-state index contributed by atoms with van der Waals surface area (Å²) in [6.07, 6.45) is 84.0. The van der Waals surface area contributed by atoms with Crippen molar-refractivity contribution in [1.82, 2.24) is 5.32 Å². The molecule has 0 aromatic heterocycles. The van der Waals surface area contributed by atoms with Crippen LogP contribution in [0.5, 0.6) is 0 Å². The molecule has 0 aromatic carbocycles. The molecular formula is C71H137NO5. The van der Waals surface area contributed by atoms with Crippen molar-refractivity contribution in [2.45, 2.75) is 405 Å². The second kappa shape index (κ2) is 66.8. The van der Waals surface area contributed by atoms with Crippen LogP contribution in [-0.2, 0) is 14.3 Å². The second-order valence-electron chi connectivity index (χ2n) is 24.2. The van der Waals surface area contributed by atoms with Gasteiger partial charge in [-0.15, -0.1) is 0 Å². The summed E-state index contributed by atoms with van der Waals surface area (Å²) < 4.78 is 5.51. The lowest BCUT2D eigenvalue weighted by Gasteiger charge is -2.20. The minimum Gasteiger partial charge on any atom is -0.466 e. The number of allylic oxidation sites excluding steroid dienone is 3. The van der Waals surface area contributed by atoms with Crippen LogP contribution in [0.15, 0.2) is 24.3 Å². The summed E-state index contributed by atoms with van der Waals surface area (Å²) in [6, 6.07) is -0.629. The Balaban J connectivity index is 3.37. The Morgan fingerprint density at radius 1 is 0.351 bits per heavy atom. The van der Waals surface area contributed by atoms with Crippen LogP contribution in [-0.4, -0.2) is 47.4 Å². The summed E-state index contributed by atoms with van der Waals surface area (Å²) in [5.41, 5.74) is 0. The highest BCUT2D eigenvalue weighted by Gasteiger charge is 2.18. The quantitative estimate of drug-likeness (QED) is 0.0320. The van der Waals surface area contributed by atoms with E-state index in [1.165, 1.54) is 327 Å². The Bertz CT molecular complexity index is 1200. The standard InChI is InChI=1S/C71H137NO5/c1-3-5-7-9-11-13-15-17-19-20-29-33-37-41-45-49-53-57-61-65-71(76)77-66-62-58-54-50-46-42-38-34-31-28-26-24-22-21-23-25-27-30-32-36-40-44-48-52-56-60-64-70(75)72-68(67-73)69(74)63-59-55-51-47-43-39-35-18-16-14-12-10-8-6-4-2/h21,23,59,63,68-69,73-74H,3-20,22,24-58,60-62,64-67H2,1-2H3,(H,72,75)/b23-21-,63-59+. The lowest BCUT2D eigenvalue weighted by molar-refractivity contribution is -0.143. The molecule has 0 aliphatic carbocycles. The highest BCUT2D eigenvalue weighted by atomic mass is 16.5. The van der Waals surface area contributed by atoms with Crippen molar-refractivity contribution in [3.63, 3.8) is 0 Å². The topological polar surface area (TPSA) is 95.9 Å². The first kappa shape index (κ1) is 75.3. The number of hydrogen-bond acceptors (Lipinski definition) is 5. The molecule has 3 N–H and O–H groups in total. The summed E-state index contributed by atoms with van der Waals surface area (Å²) in [4.78, 5) is 24.6. The fourth-order valence-electron chi connectivity index (χ4n) is 11.1. The van der Waals surface area contributed by atoms with Gasteiger partial charge in [0, 0.05) is 12.8 Å². The Hall–Kier alpha value is -1.66. The molecule has 0 fully saturated rings. The first-order valence-corrected chi connectivity index (χ1v) is 35.1. The Morgan fingerprint density at radius 2 is 0.610 bits per heavy atom. The molecule has 2 unspecified atom stereocenters. The van der Waals surface area contributed by atoms with E-state index >= 15 is 0 Å². The van der Waals surface area contributed by atoms with E-state index in [1.807, 2.05) is 6.08 Å². The summed E-state index contributed by atoms with van der Waals surface area (Å²) in [5, 5.41) is 23.2. The molecule has 2 atom stereocenters. The lowest BCUT2D eigenvalue weighted by Crippen LogP contribution is -2.45. The van der Waals surface area contributed by atoms with Gasteiger partial charge < -0.3 is 20.3 Å². The number of nitrogens with one attached hydrogen (secondary N) is 1. The molecule has 0 rings (SSSR count). The van der Waals surface area contributed by atoms with Gasteiger partial charge in [0.1, 0.15) is 0 Å². The van der Waals surface area contributed by atoms with E-state index in [1.54, 1.807) is 6.08 Å². The minimum absolute atomic E-state index is 0.0194. The maximum Gasteiger partial charge on any atom is 0.305 e. The van der Waals surface area contributed by atoms with Crippen molar-refractivity contribution in [2.24, 2.45) is 0 Å². The van der Waals surface area contributed by atoms with Gasteiger partial charge in [-0.25, -0.2) is 0 Å². The van der Waals surface area contributed by atoms with Gasteiger partial charge in [0.25, 0.3) is 0 Å². The number of unbranched alkanes of at least 4 members (excludes halogenated alkanes) is 53. The average molecular weight is 1080 g/mol. The smallest absolute Gasteiger partial charge is 0.305 e. The zero-order valence-electron chi connectivity index (χ0n) is 52.2. The summed E-state index contributed by atoms with van der Waals surface area (Å²) in [6.45, 7) is 4.94. The summed E-state index contributed by atoms with van der Waals surface area (Å²) >= 11 is 0. The average Bonchev–Trinajstić information content (AvgIpc) is 3.43. The maximum atomic E-state index is 12.5. The third-order valence-electron chi connectivity index (χ3n) is 16.5. The zero-order valence-corrected chi connectivity index (χ0v) is 52.2. The molecule has 0 heterocycles. The zero-order chi connectivity index (χ0) is 55.7. The molecule has 0 saturated carbocycles. The minimum atomic E-state index is -0.845. The van der Waals surface area contributed by atoms with E-state index in [-0.39, 0.29) is 18.5 Å². The number of esters is 1. The van der Waals surface area contributed by atoms with Crippen LogP contribution >= 0.6 is 0 Å². The molecule has 456 valence electrons. The number of carbonyl (C=O) groups excluding carboxylic acids is 2. The van der Waals surface area contributed by atoms with Crippen LogP contribution < -0.4 is 5.32 Å².